The summed E-state index contributed by atoms with van der Waals surface area (Å²) in [6.07, 6.45) is -1.57. The lowest BCUT2D eigenvalue weighted by Crippen LogP contribution is -2.35. The molecule has 0 atom stereocenters. The molecule has 2 aromatic heterocycles. The third-order valence-corrected chi connectivity index (χ3v) is 4.97. The third-order valence-electron chi connectivity index (χ3n) is 4.97. The molecule has 4 aromatic rings. The molecule has 1 N–H and O–H groups in total. The lowest BCUT2D eigenvalue weighted by Gasteiger charge is -2.14. The largest absolute Gasteiger partial charge is 0.846 e. The van der Waals surface area contributed by atoms with Crippen LogP contribution in [-0.4, -0.2) is 21.3 Å². The number of alkyl halides is 3. The zero-order valence-corrected chi connectivity index (χ0v) is 18.2. The number of benzene rings is 2. The zero-order valence-electron chi connectivity index (χ0n) is 18.2. The third kappa shape index (κ3) is 5.37. The van der Waals surface area contributed by atoms with E-state index in [1.807, 2.05) is 38.1 Å². The maximum absolute atomic E-state index is 12.8. The normalized spacial score (nSPS) is 12.1. The van der Waals surface area contributed by atoms with Crippen molar-refractivity contribution >= 4 is 17.6 Å². The van der Waals surface area contributed by atoms with Gasteiger partial charge in [0.15, 0.2) is 0 Å². The summed E-state index contributed by atoms with van der Waals surface area (Å²) in [5, 5.41) is 18.2. The molecule has 0 fully saturated rings. The number of amidine groups is 1. The molecule has 0 saturated heterocycles. The minimum atomic E-state index is -4.51. The Labute approximate surface area is 192 Å². The monoisotopic (exact) mass is 468 g/mol. The van der Waals surface area contributed by atoms with Gasteiger partial charge in [0, 0.05) is 28.2 Å². The highest BCUT2D eigenvalue weighted by Crippen LogP contribution is 2.30. The van der Waals surface area contributed by atoms with Crippen molar-refractivity contribution in [1.29, 1.82) is 0 Å². The van der Waals surface area contributed by atoms with Gasteiger partial charge in [-0.05, 0) is 42.3 Å². The fourth-order valence-electron chi connectivity index (χ4n) is 3.39. The van der Waals surface area contributed by atoms with E-state index in [4.69, 9.17) is 4.52 Å². The van der Waals surface area contributed by atoms with Crippen molar-refractivity contribution in [3.05, 3.63) is 83.6 Å². The molecule has 0 aliphatic heterocycles. The lowest BCUT2D eigenvalue weighted by atomic mass is 10.0. The van der Waals surface area contributed by atoms with E-state index in [-0.39, 0.29) is 11.6 Å². The van der Waals surface area contributed by atoms with Crippen LogP contribution in [0.15, 0.2) is 70.6 Å². The molecule has 0 radical (unpaired) electrons. The number of aromatic nitrogens is 4. The predicted molar refractivity (Wildman–Crippen MR) is 115 cm³/mol. The van der Waals surface area contributed by atoms with E-state index in [0.29, 0.717) is 6.54 Å². The molecule has 0 spiro atoms. The average molecular weight is 468 g/mol. The standard InChI is InChI=1S/C23H19F3N6O2/c1-14-21(15(2)28-13-27-14)17-8-6-16(7-9-17)11-32-12-20(34-31-32)30-22(33)29-19-5-3-4-18(10-19)23(24,25)26/h3-10,12-13H,11H2,1-2H3,(H-,29,30,31,33). The van der Waals surface area contributed by atoms with E-state index < -0.39 is 17.8 Å². The van der Waals surface area contributed by atoms with Gasteiger partial charge in [0.1, 0.15) is 6.33 Å². The lowest BCUT2D eigenvalue weighted by molar-refractivity contribution is -0.754. The van der Waals surface area contributed by atoms with Gasteiger partial charge in [-0.3, -0.25) is 4.52 Å². The summed E-state index contributed by atoms with van der Waals surface area (Å²) in [6.45, 7) is 4.21. The van der Waals surface area contributed by atoms with Crippen LogP contribution in [0.4, 0.5) is 24.7 Å². The quantitative estimate of drug-likeness (QED) is 0.273. The Kier molecular flexibility index (Phi) is 6.26. The Morgan fingerprint density at radius 3 is 2.47 bits per heavy atom. The van der Waals surface area contributed by atoms with Gasteiger partial charge >= 0.3 is 12.1 Å². The molecular formula is C23H19F3N6O2. The number of rotatable bonds is 5. The summed E-state index contributed by atoms with van der Waals surface area (Å²) in [5.74, 6) is -0.0891. The van der Waals surface area contributed by atoms with Gasteiger partial charge in [-0.2, -0.15) is 13.2 Å². The second-order valence-corrected chi connectivity index (χ2v) is 7.47. The summed E-state index contributed by atoms with van der Waals surface area (Å²) < 4.78 is 44.9. The maximum Gasteiger partial charge on any atom is 0.416 e. The van der Waals surface area contributed by atoms with E-state index >= 15 is 0 Å². The fraction of sp³-hybridized carbons (Fsp3) is 0.174. The van der Waals surface area contributed by atoms with Crippen LogP contribution >= 0.6 is 0 Å². The molecular weight excluding hydrogens is 449 g/mol. The van der Waals surface area contributed by atoms with E-state index in [0.717, 1.165) is 40.2 Å². The number of halogens is 3. The molecule has 0 saturated carbocycles. The number of anilines is 1. The average Bonchev–Trinajstić information content (AvgIpc) is 3.21. The zero-order chi connectivity index (χ0) is 24.3. The second kappa shape index (κ2) is 9.30. The number of hydrogen-bond acceptors (Lipinski definition) is 6. The molecule has 174 valence electrons. The molecule has 8 nitrogen and oxygen atoms in total. The van der Waals surface area contributed by atoms with Gasteiger partial charge in [0.2, 0.25) is 11.8 Å². The van der Waals surface area contributed by atoms with Crippen molar-refractivity contribution < 1.29 is 27.5 Å². The summed E-state index contributed by atoms with van der Waals surface area (Å²) >= 11 is 0. The maximum atomic E-state index is 12.8. The van der Waals surface area contributed by atoms with Gasteiger partial charge in [-0.15, -0.1) is 0 Å². The van der Waals surface area contributed by atoms with Gasteiger partial charge in [0.05, 0.1) is 11.6 Å². The topological polar surface area (TPSA) is 103 Å². The first-order chi connectivity index (χ1) is 16.2. The number of nitrogens with zero attached hydrogens (tertiary/aromatic N) is 5. The molecule has 4 rings (SSSR count). The number of aliphatic imine (C=N–C) groups is 1. The first-order valence-corrected chi connectivity index (χ1v) is 10.1. The first-order valence-electron chi connectivity index (χ1n) is 10.1. The Hall–Kier alpha value is -4.28. The van der Waals surface area contributed by atoms with Crippen molar-refractivity contribution in [3.8, 4) is 11.1 Å². The molecule has 0 unspecified atom stereocenters. The molecule has 0 bridgehead atoms. The van der Waals surface area contributed by atoms with E-state index in [1.54, 1.807) is 0 Å². The summed E-state index contributed by atoms with van der Waals surface area (Å²) in [5.41, 5.74) is 3.77. The van der Waals surface area contributed by atoms with Gasteiger partial charge in [-0.1, -0.05) is 30.3 Å². The van der Waals surface area contributed by atoms with Crippen LogP contribution in [0.3, 0.4) is 0 Å². The Morgan fingerprint density at radius 1 is 1.09 bits per heavy atom. The van der Waals surface area contributed by atoms with Crippen molar-refractivity contribution in [2.75, 3.05) is 5.32 Å². The van der Waals surface area contributed by atoms with Crippen molar-refractivity contribution in [3.63, 3.8) is 0 Å². The number of hydrogen-bond donors (Lipinski definition) is 1. The molecule has 2 heterocycles. The number of nitrogens with one attached hydrogen (secondary N) is 1. The summed E-state index contributed by atoms with van der Waals surface area (Å²) in [4.78, 5) is 12.2. The van der Waals surface area contributed by atoms with Crippen molar-refractivity contribution in [2.24, 2.45) is 4.99 Å². The highest BCUT2D eigenvalue weighted by atomic mass is 19.4. The second-order valence-electron chi connectivity index (χ2n) is 7.47. The minimum absolute atomic E-state index is 0.0367. The van der Waals surface area contributed by atoms with E-state index in [2.05, 4.69) is 25.5 Å². The van der Waals surface area contributed by atoms with Crippen molar-refractivity contribution in [2.45, 2.75) is 26.6 Å². The van der Waals surface area contributed by atoms with Crippen LogP contribution in [0.25, 0.3) is 11.1 Å². The molecule has 0 aliphatic carbocycles. The molecule has 11 heteroatoms. The van der Waals surface area contributed by atoms with Gasteiger partial charge in [-0.25, -0.2) is 15.0 Å². The summed E-state index contributed by atoms with van der Waals surface area (Å²) in [6, 6.07) is 11.2. The SMILES string of the molecule is Cc1ncnc(C)c1-c1ccc(C[n+]2cc(/N=C(\[O-])Nc3cccc(C(F)(F)F)c3)on2)cc1. The Balaban J connectivity index is 1.43. The Bertz CT molecular complexity index is 1310. The van der Waals surface area contributed by atoms with Crippen LogP contribution in [0.2, 0.25) is 0 Å². The molecule has 34 heavy (non-hydrogen) atoms. The highest BCUT2D eigenvalue weighted by molar-refractivity contribution is 5.87. The van der Waals surface area contributed by atoms with Crippen LogP contribution < -0.4 is 15.1 Å². The van der Waals surface area contributed by atoms with Gasteiger partial charge in [0.25, 0.3) is 6.20 Å². The Morgan fingerprint density at radius 2 is 1.79 bits per heavy atom. The predicted octanol–water partition coefficient (Wildman–Crippen LogP) is 3.56. The molecule has 0 amide bonds. The van der Waals surface area contributed by atoms with Gasteiger partial charge < -0.3 is 10.4 Å². The van der Waals surface area contributed by atoms with Crippen LogP contribution in [-0.2, 0) is 12.7 Å². The molecule has 0 aliphatic rings. The minimum Gasteiger partial charge on any atom is -0.846 e. The number of aryl methyl sites for hydroxylation is 2. The van der Waals surface area contributed by atoms with Crippen LogP contribution in [0.5, 0.6) is 0 Å². The summed E-state index contributed by atoms with van der Waals surface area (Å²) in [7, 11) is 0. The van der Waals surface area contributed by atoms with E-state index in [1.165, 1.54) is 29.3 Å². The van der Waals surface area contributed by atoms with E-state index in [9.17, 15) is 18.3 Å². The fourth-order valence-corrected chi connectivity index (χ4v) is 3.39. The van der Waals surface area contributed by atoms with Crippen molar-refractivity contribution in [1.82, 2.24) is 15.2 Å². The first kappa shape index (κ1) is 22.9. The molecule has 2 aromatic carbocycles. The smallest absolute Gasteiger partial charge is 0.416 e. The highest BCUT2D eigenvalue weighted by Gasteiger charge is 2.30. The van der Waals surface area contributed by atoms with Crippen LogP contribution in [0.1, 0.15) is 22.5 Å². The van der Waals surface area contributed by atoms with Crippen LogP contribution in [0, 0.1) is 13.8 Å².